The first-order valence-corrected chi connectivity index (χ1v) is 20.4. The van der Waals surface area contributed by atoms with Gasteiger partial charge in [-0.25, -0.2) is 0 Å². The minimum absolute atomic E-state index is 0.131. The summed E-state index contributed by atoms with van der Waals surface area (Å²) in [6, 6.07) is 0. The van der Waals surface area contributed by atoms with Crippen LogP contribution in [0.4, 0.5) is 0 Å². The van der Waals surface area contributed by atoms with E-state index in [9.17, 15) is 14.4 Å². The Labute approximate surface area is 334 Å². The van der Waals surface area contributed by atoms with E-state index in [4.69, 9.17) is 62.9 Å². The summed E-state index contributed by atoms with van der Waals surface area (Å²) in [4.78, 5) is 38.3. The highest BCUT2D eigenvalue weighted by Gasteiger charge is 2.12. The van der Waals surface area contributed by atoms with Gasteiger partial charge in [0.05, 0.1) is 105 Å². The highest BCUT2D eigenvalue weighted by atomic mass is 16.6. The third-order valence-corrected chi connectivity index (χ3v) is 7.57. The van der Waals surface area contributed by atoms with Gasteiger partial charge in [-0.2, -0.15) is 0 Å². The molecule has 0 amide bonds. The van der Waals surface area contributed by atoms with Crippen LogP contribution in [0.5, 0.6) is 0 Å². The number of carbonyl (C=O) groups excluding carboxylic acids is 3. The molecule has 0 atom stereocenters. The summed E-state index contributed by atoms with van der Waals surface area (Å²) in [6.07, 6.45) is 4.78. The number of hydrogen-bond donors (Lipinski definition) is 3. The Morgan fingerprint density at radius 2 is 0.875 bits per heavy atom. The van der Waals surface area contributed by atoms with Gasteiger partial charge in [-0.15, -0.1) is 0 Å². The van der Waals surface area contributed by atoms with Gasteiger partial charge in [0.2, 0.25) is 0 Å². The molecule has 0 unspecified atom stereocenters. The lowest BCUT2D eigenvalue weighted by molar-refractivity contribution is -0.146. The monoisotopic (exact) mass is 814 g/mol. The molecule has 0 heterocycles. The van der Waals surface area contributed by atoms with E-state index in [1.165, 1.54) is 0 Å². The van der Waals surface area contributed by atoms with E-state index in [-0.39, 0.29) is 76.8 Å². The van der Waals surface area contributed by atoms with Crippen molar-refractivity contribution < 1.29 is 71.6 Å². The van der Waals surface area contributed by atoms with Crippen molar-refractivity contribution >= 4 is 17.9 Å². The summed E-state index contributed by atoms with van der Waals surface area (Å²) in [5.41, 5.74) is 5.40. The molecule has 0 aromatic rings. The Morgan fingerprint density at radius 3 is 1.32 bits per heavy atom. The van der Waals surface area contributed by atoms with Gasteiger partial charge in [0.15, 0.2) is 0 Å². The van der Waals surface area contributed by atoms with Crippen LogP contribution in [0.25, 0.3) is 0 Å². The second-order valence-corrected chi connectivity index (χ2v) is 12.3. The van der Waals surface area contributed by atoms with Crippen molar-refractivity contribution in [2.24, 2.45) is 5.73 Å². The van der Waals surface area contributed by atoms with Crippen molar-refractivity contribution in [2.75, 3.05) is 171 Å². The van der Waals surface area contributed by atoms with Gasteiger partial charge in [-0.1, -0.05) is 0 Å². The third kappa shape index (κ3) is 43.1. The van der Waals surface area contributed by atoms with Crippen molar-refractivity contribution in [3.8, 4) is 0 Å². The molecule has 0 aliphatic carbocycles. The Kier molecular flexibility index (Phi) is 43.9. The molecule has 18 nitrogen and oxygen atoms in total. The van der Waals surface area contributed by atoms with E-state index >= 15 is 0 Å². The number of unbranched alkanes of at least 4 members (excludes halogenated alkanes) is 2. The van der Waals surface area contributed by atoms with Crippen LogP contribution in [0.1, 0.15) is 58.3 Å². The third-order valence-electron chi connectivity index (χ3n) is 7.57. The molecule has 0 aliphatic rings. The molecule has 0 aromatic heterocycles. The second kappa shape index (κ2) is 45.6. The minimum Gasteiger partial charge on any atom is -0.463 e. The molecular weight excluding hydrogens is 738 g/mol. The number of rotatable bonds is 46. The van der Waals surface area contributed by atoms with Crippen molar-refractivity contribution in [3.63, 3.8) is 0 Å². The van der Waals surface area contributed by atoms with Crippen LogP contribution in [0.3, 0.4) is 0 Å². The maximum atomic E-state index is 12.3. The standard InChI is InChI=1S/C38H75N3O15/c1-2-46-20-21-51-31-34-55-37(44)9-15-41(14-4-3-5-17-42)16-10-38(45)56-35-32-53-29-27-50-26-28-52-30-33-54-36(43)8-13-40-12-7-19-48-23-25-49-24-22-47-18-6-11-39/h40,42H,2-35,39H2,1H3. The van der Waals surface area contributed by atoms with Crippen LogP contribution in [-0.4, -0.2) is 199 Å². The number of nitrogens with zero attached hydrogens (tertiary/aromatic N) is 1. The van der Waals surface area contributed by atoms with Gasteiger partial charge in [0.1, 0.15) is 19.8 Å². The van der Waals surface area contributed by atoms with Gasteiger partial charge in [-0.05, 0) is 58.7 Å². The van der Waals surface area contributed by atoms with Crippen molar-refractivity contribution in [3.05, 3.63) is 0 Å². The van der Waals surface area contributed by atoms with Gasteiger partial charge >= 0.3 is 17.9 Å². The summed E-state index contributed by atoms with van der Waals surface area (Å²) >= 11 is 0. The SMILES string of the molecule is CCOCCOCCOC(=O)CCN(CCCCCO)CCC(=O)OCCOCCOCCOCCOC(=O)CCNCCCOCCOCCOCCCN. The quantitative estimate of drug-likeness (QED) is 0.0439. The number of hydrogen-bond acceptors (Lipinski definition) is 18. The number of aliphatic hydroxyl groups excluding tert-OH is 1. The van der Waals surface area contributed by atoms with Crippen LogP contribution >= 0.6 is 0 Å². The Hall–Kier alpha value is -2.07. The zero-order valence-corrected chi connectivity index (χ0v) is 34.2. The highest BCUT2D eigenvalue weighted by Crippen LogP contribution is 2.03. The second-order valence-electron chi connectivity index (χ2n) is 12.3. The maximum Gasteiger partial charge on any atom is 0.307 e. The van der Waals surface area contributed by atoms with E-state index in [0.29, 0.717) is 132 Å². The van der Waals surface area contributed by atoms with Gasteiger partial charge < -0.3 is 73.2 Å². The number of nitrogens with two attached hydrogens (primary N) is 1. The zero-order valence-electron chi connectivity index (χ0n) is 34.2. The Bertz CT molecular complexity index is 863. The molecule has 18 heteroatoms. The summed E-state index contributed by atoms with van der Waals surface area (Å²) in [5.74, 6) is -0.948. The van der Waals surface area contributed by atoms with E-state index < -0.39 is 0 Å². The van der Waals surface area contributed by atoms with Gasteiger partial charge in [-0.3, -0.25) is 14.4 Å². The molecule has 0 aromatic carbocycles. The van der Waals surface area contributed by atoms with Crippen LogP contribution < -0.4 is 11.1 Å². The molecule has 0 saturated carbocycles. The molecule has 0 rings (SSSR count). The van der Waals surface area contributed by atoms with Crippen molar-refractivity contribution in [2.45, 2.75) is 58.3 Å². The normalized spacial score (nSPS) is 11.4. The first-order chi connectivity index (χ1) is 27.5. The average Bonchev–Trinajstić information content (AvgIpc) is 3.20. The average molecular weight is 814 g/mol. The number of aliphatic hydroxyl groups is 1. The molecule has 0 bridgehead atoms. The fraction of sp³-hybridized carbons (Fsp3) is 0.921. The van der Waals surface area contributed by atoms with Crippen molar-refractivity contribution in [1.82, 2.24) is 10.2 Å². The number of nitrogens with one attached hydrogen (secondary N) is 1. The molecule has 0 spiro atoms. The summed E-state index contributed by atoms with van der Waals surface area (Å²) < 4.78 is 58.8. The minimum atomic E-state index is -0.344. The van der Waals surface area contributed by atoms with Crippen LogP contribution in [0, 0.1) is 0 Å². The highest BCUT2D eigenvalue weighted by molar-refractivity contribution is 5.70. The lowest BCUT2D eigenvalue weighted by Gasteiger charge is -2.21. The topological polar surface area (TPSA) is 214 Å². The molecule has 56 heavy (non-hydrogen) atoms. The Morgan fingerprint density at radius 1 is 0.464 bits per heavy atom. The maximum absolute atomic E-state index is 12.3. The predicted octanol–water partition coefficient (Wildman–Crippen LogP) is 0.732. The number of ether oxygens (including phenoxy) is 11. The van der Waals surface area contributed by atoms with E-state index in [0.717, 1.165) is 32.2 Å². The van der Waals surface area contributed by atoms with Crippen molar-refractivity contribution in [1.29, 1.82) is 0 Å². The Balaban J connectivity index is 3.64. The molecule has 0 fully saturated rings. The predicted molar refractivity (Wildman–Crippen MR) is 207 cm³/mol. The fourth-order valence-corrected chi connectivity index (χ4v) is 4.57. The lowest BCUT2D eigenvalue weighted by Crippen LogP contribution is -2.31. The molecular formula is C38H75N3O15. The van der Waals surface area contributed by atoms with E-state index in [1.807, 2.05) is 11.8 Å². The van der Waals surface area contributed by atoms with Gasteiger partial charge in [0, 0.05) is 46.1 Å². The smallest absolute Gasteiger partial charge is 0.307 e. The first-order valence-electron chi connectivity index (χ1n) is 20.4. The summed E-state index contributed by atoms with van der Waals surface area (Å²) in [5, 5.41) is 12.2. The molecule has 0 saturated heterocycles. The number of carbonyl (C=O) groups is 3. The lowest BCUT2D eigenvalue weighted by atomic mass is 10.2. The summed E-state index contributed by atoms with van der Waals surface area (Å²) in [7, 11) is 0. The van der Waals surface area contributed by atoms with Crippen LogP contribution in [-0.2, 0) is 66.5 Å². The number of esters is 3. The molecule has 0 radical (unpaired) electrons. The largest absolute Gasteiger partial charge is 0.463 e. The summed E-state index contributed by atoms with van der Waals surface area (Å²) in [6.45, 7) is 13.4. The molecule has 4 N–H and O–H groups in total. The fourth-order valence-electron chi connectivity index (χ4n) is 4.57. The first kappa shape index (κ1) is 53.9. The van der Waals surface area contributed by atoms with E-state index in [2.05, 4.69) is 5.32 Å². The molecule has 332 valence electrons. The van der Waals surface area contributed by atoms with Crippen LogP contribution in [0.2, 0.25) is 0 Å². The molecule has 0 aliphatic heterocycles. The zero-order chi connectivity index (χ0) is 40.8. The van der Waals surface area contributed by atoms with E-state index in [1.54, 1.807) is 0 Å². The van der Waals surface area contributed by atoms with Gasteiger partial charge in [0.25, 0.3) is 0 Å². The van der Waals surface area contributed by atoms with Crippen LogP contribution in [0.15, 0.2) is 0 Å².